The summed E-state index contributed by atoms with van der Waals surface area (Å²) in [6, 6.07) is 8.70. The van der Waals surface area contributed by atoms with Gasteiger partial charge in [-0.05, 0) is 81.5 Å². The van der Waals surface area contributed by atoms with Crippen LogP contribution in [0.3, 0.4) is 0 Å². The minimum Gasteiger partial charge on any atom is -0.462 e. The first-order chi connectivity index (χ1) is 18.1. The molecule has 0 saturated carbocycles. The van der Waals surface area contributed by atoms with E-state index in [1.807, 2.05) is 0 Å². The third-order valence-electron chi connectivity index (χ3n) is 6.63. The van der Waals surface area contributed by atoms with Gasteiger partial charge in [0.25, 0.3) is 5.91 Å². The fourth-order valence-electron chi connectivity index (χ4n) is 4.70. The van der Waals surface area contributed by atoms with Crippen molar-refractivity contribution >= 4 is 56.7 Å². The van der Waals surface area contributed by atoms with Crippen molar-refractivity contribution in [2.24, 2.45) is 0 Å². The Hall–Kier alpha value is -2.72. The molecule has 1 unspecified atom stereocenters. The first kappa shape index (κ1) is 28.3. The summed E-state index contributed by atoms with van der Waals surface area (Å²) in [5.41, 5.74) is 1.63. The fraction of sp³-hybridized carbons (Fsp3) is 0.370. The van der Waals surface area contributed by atoms with Gasteiger partial charge in [-0.3, -0.25) is 9.59 Å². The first-order valence-corrected chi connectivity index (χ1v) is 14.6. The monoisotopic (exact) mass is 578 g/mol. The van der Waals surface area contributed by atoms with E-state index in [9.17, 15) is 22.8 Å². The van der Waals surface area contributed by atoms with Crippen LogP contribution in [0.1, 0.15) is 55.8 Å². The number of ether oxygens (including phenoxy) is 1. The number of nitrogens with zero attached hydrogens (tertiary/aromatic N) is 2. The predicted molar refractivity (Wildman–Crippen MR) is 145 cm³/mol. The average Bonchev–Trinajstić information content (AvgIpc) is 3.19. The summed E-state index contributed by atoms with van der Waals surface area (Å²) in [5, 5.41) is 0.152. The van der Waals surface area contributed by atoms with Crippen LogP contribution < -0.4 is 4.90 Å². The summed E-state index contributed by atoms with van der Waals surface area (Å²) in [4.78, 5) is 39.4. The molecule has 0 spiro atoms. The molecule has 0 aromatic heterocycles. The van der Waals surface area contributed by atoms with Gasteiger partial charge in [0.05, 0.1) is 29.3 Å². The summed E-state index contributed by atoms with van der Waals surface area (Å²) in [6.45, 7) is 1.91. The highest BCUT2D eigenvalue weighted by molar-refractivity contribution is 7.89. The quantitative estimate of drug-likeness (QED) is 0.225. The minimum absolute atomic E-state index is 0.0102. The number of rotatable bonds is 9. The van der Waals surface area contributed by atoms with Gasteiger partial charge in [0.15, 0.2) is 0 Å². The van der Waals surface area contributed by atoms with Crippen LogP contribution in [-0.2, 0) is 24.3 Å². The maximum atomic E-state index is 13.9. The highest BCUT2D eigenvalue weighted by Crippen LogP contribution is 2.34. The Kier molecular flexibility index (Phi) is 8.92. The third-order valence-corrected chi connectivity index (χ3v) is 9.25. The molecule has 2 aliphatic rings. The maximum Gasteiger partial charge on any atom is 0.338 e. The third kappa shape index (κ3) is 5.96. The number of carbonyl (C=O) groups is 3. The molecule has 202 valence electrons. The van der Waals surface area contributed by atoms with Gasteiger partial charge in [0.2, 0.25) is 15.9 Å². The molecule has 2 aromatic rings. The van der Waals surface area contributed by atoms with Gasteiger partial charge in [0, 0.05) is 11.6 Å². The lowest BCUT2D eigenvalue weighted by Gasteiger charge is -2.28. The zero-order valence-electron chi connectivity index (χ0n) is 20.9. The number of benzene rings is 2. The van der Waals surface area contributed by atoms with Crippen molar-refractivity contribution in [2.45, 2.75) is 56.4 Å². The van der Waals surface area contributed by atoms with Crippen molar-refractivity contribution in [3.05, 3.63) is 69.7 Å². The summed E-state index contributed by atoms with van der Waals surface area (Å²) in [7, 11) is -4.30. The molecule has 1 saturated heterocycles. The molecule has 38 heavy (non-hydrogen) atoms. The molecule has 2 aromatic carbocycles. The molecule has 0 bridgehead atoms. The Balaban J connectivity index is 1.66. The van der Waals surface area contributed by atoms with Crippen LogP contribution in [0, 0.1) is 0 Å². The normalized spacial score (nSPS) is 18.2. The molecule has 1 aliphatic heterocycles. The molecule has 2 amide bonds. The average molecular weight is 580 g/mol. The van der Waals surface area contributed by atoms with Crippen molar-refractivity contribution in [3.8, 4) is 0 Å². The summed E-state index contributed by atoms with van der Waals surface area (Å²) in [5.74, 6) is -1.74. The number of amides is 2. The molecule has 1 atom stereocenters. The Morgan fingerprint density at radius 2 is 1.84 bits per heavy atom. The first-order valence-electron chi connectivity index (χ1n) is 12.4. The predicted octanol–water partition coefficient (Wildman–Crippen LogP) is 5.38. The number of anilines is 1. The maximum absolute atomic E-state index is 13.9. The molecule has 1 aliphatic carbocycles. The zero-order chi connectivity index (χ0) is 27.4. The highest BCUT2D eigenvalue weighted by atomic mass is 35.5. The van der Waals surface area contributed by atoms with Gasteiger partial charge in [0.1, 0.15) is 10.9 Å². The number of allylic oxidation sites excluding steroid dienone is 1. The number of imide groups is 1. The standard InChI is InChI=1S/C27H28Cl2N2O6S/c1-2-37-27(34)19-8-11-21(12-9-19)31-25(32)17-23(26(31)33)30(15-14-18-6-4-3-5-7-18)38(35,36)24-16-20(28)10-13-22(24)29/h6,8-13,16,23H,2-5,7,14-15,17H2,1H3. The Morgan fingerprint density at radius 1 is 1.11 bits per heavy atom. The molecule has 4 rings (SSSR count). The number of carbonyl (C=O) groups excluding carboxylic acids is 3. The fourth-order valence-corrected chi connectivity index (χ4v) is 7.02. The van der Waals surface area contributed by atoms with Gasteiger partial charge in [-0.25, -0.2) is 18.1 Å². The Morgan fingerprint density at radius 3 is 2.50 bits per heavy atom. The molecule has 1 heterocycles. The summed E-state index contributed by atoms with van der Waals surface area (Å²) < 4.78 is 33.8. The van der Waals surface area contributed by atoms with Crippen molar-refractivity contribution < 1.29 is 27.5 Å². The van der Waals surface area contributed by atoms with Crippen molar-refractivity contribution in [1.82, 2.24) is 4.31 Å². The largest absolute Gasteiger partial charge is 0.462 e. The van der Waals surface area contributed by atoms with E-state index in [0.717, 1.165) is 40.5 Å². The molecule has 11 heteroatoms. The molecule has 0 N–H and O–H groups in total. The van der Waals surface area contributed by atoms with Gasteiger partial charge in [-0.1, -0.05) is 34.9 Å². The molecule has 8 nitrogen and oxygen atoms in total. The molecule has 0 radical (unpaired) electrons. The van der Waals surface area contributed by atoms with Crippen molar-refractivity contribution in [2.75, 3.05) is 18.1 Å². The molecular formula is C27H28Cl2N2O6S. The van der Waals surface area contributed by atoms with Crippen molar-refractivity contribution in [3.63, 3.8) is 0 Å². The van der Waals surface area contributed by atoms with E-state index >= 15 is 0 Å². The second kappa shape index (κ2) is 12.0. The highest BCUT2D eigenvalue weighted by Gasteiger charge is 2.47. The van der Waals surface area contributed by atoms with E-state index in [0.29, 0.717) is 6.42 Å². The van der Waals surface area contributed by atoms with Crippen LogP contribution in [0.5, 0.6) is 0 Å². The lowest BCUT2D eigenvalue weighted by atomic mass is 9.97. The van der Waals surface area contributed by atoms with Crippen molar-refractivity contribution in [1.29, 1.82) is 0 Å². The van der Waals surface area contributed by atoms with E-state index in [1.54, 1.807) is 6.92 Å². The van der Waals surface area contributed by atoms with Crippen LogP contribution in [0.15, 0.2) is 59.0 Å². The lowest BCUT2D eigenvalue weighted by Crippen LogP contribution is -2.46. The van der Waals surface area contributed by atoms with Crippen LogP contribution in [0.2, 0.25) is 10.0 Å². The van der Waals surface area contributed by atoms with E-state index < -0.39 is 33.8 Å². The second-order valence-corrected chi connectivity index (χ2v) is 11.8. The SMILES string of the molecule is CCOC(=O)c1ccc(N2C(=O)CC(N(CCC3=CCCCC3)S(=O)(=O)c3cc(Cl)ccc3Cl)C2=O)cc1. The second-order valence-electron chi connectivity index (χ2n) is 9.10. The van der Waals surface area contributed by atoms with Crippen LogP contribution in [0.4, 0.5) is 5.69 Å². The van der Waals surface area contributed by atoms with E-state index in [4.69, 9.17) is 27.9 Å². The number of hydrogen-bond acceptors (Lipinski definition) is 6. The summed E-state index contributed by atoms with van der Waals surface area (Å²) >= 11 is 12.3. The molecule has 1 fully saturated rings. The zero-order valence-corrected chi connectivity index (χ0v) is 23.2. The number of hydrogen-bond donors (Lipinski definition) is 0. The van der Waals surface area contributed by atoms with E-state index in [2.05, 4.69) is 6.08 Å². The number of esters is 1. The smallest absolute Gasteiger partial charge is 0.338 e. The van der Waals surface area contributed by atoms with Gasteiger partial charge in [-0.15, -0.1) is 0 Å². The van der Waals surface area contributed by atoms with Crippen LogP contribution in [-0.4, -0.2) is 49.7 Å². The molecular weight excluding hydrogens is 551 g/mol. The van der Waals surface area contributed by atoms with Crippen LogP contribution >= 0.6 is 23.2 Å². The minimum atomic E-state index is -4.30. The van der Waals surface area contributed by atoms with E-state index in [1.165, 1.54) is 42.5 Å². The Bertz CT molecular complexity index is 1370. The topological polar surface area (TPSA) is 101 Å². The summed E-state index contributed by atoms with van der Waals surface area (Å²) in [6.07, 6.45) is 6.12. The Labute approximate surface area is 232 Å². The number of sulfonamides is 1. The number of halogens is 2. The van der Waals surface area contributed by atoms with Gasteiger partial charge >= 0.3 is 5.97 Å². The van der Waals surface area contributed by atoms with Gasteiger partial charge < -0.3 is 4.74 Å². The van der Waals surface area contributed by atoms with Gasteiger partial charge in [-0.2, -0.15) is 4.31 Å². The van der Waals surface area contributed by atoms with Crippen LogP contribution in [0.25, 0.3) is 0 Å². The van der Waals surface area contributed by atoms with E-state index in [-0.39, 0.29) is 45.8 Å². The lowest BCUT2D eigenvalue weighted by molar-refractivity contribution is -0.122.